The van der Waals surface area contributed by atoms with Gasteiger partial charge in [-0.15, -0.1) is 0 Å². The fraction of sp³-hybridized carbons (Fsp3) is 0.188. The number of carbonyl (C=O) groups excluding carboxylic acids is 2. The number of aryl methyl sites for hydroxylation is 1. The van der Waals surface area contributed by atoms with E-state index in [4.69, 9.17) is 0 Å². The highest BCUT2D eigenvalue weighted by molar-refractivity contribution is 6.13. The Morgan fingerprint density at radius 2 is 2.23 bits per heavy atom. The molecule has 1 aliphatic rings. The van der Waals surface area contributed by atoms with Crippen LogP contribution in [0.4, 0.5) is 5.69 Å². The van der Waals surface area contributed by atoms with Gasteiger partial charge in [0, 0.05) is 36.9 Å². The van der Waals surface area contributed by atoms with Crippen molar-refractivity contribution in [2.75, 3.05) is 5.32 Å². The number of H-pyrrole nitrogens is 1. The van der Waals surface area contributed by atoms with Crippen LogP contribution in [0.5, 0.6) is 0 Å². The number of nitrogens with one attached hydrogen (secondary N) is 2. The van der Waals surface area contributed by atoms with Crippen molar-refractivity contribution in [1.29, 1.82) is 0 Å². The maximum Gasteiger partial charge on any atom is 0.257 e. The van der Waals surface area contributed by atoms with Gasteiger partial charge in [-0.2, -0.15) is 0 Å². The predicted molar refractivity (Wildman–Crippen MR) is 81.2 cm³/mol. The number of Topliss-reactive ketones (excluding diaryl/α,β-unsaturated/α-hetero) is 1. The summed E-state index contributed by atoms with van der Waals surface area (Å²) in [7, 11) is 0. The minimum absolute atomic E-state index is 0.0395. The van der Waals surface area contributed by atoms with Crippen LogP contribution in [0.1, 0.15) is 39.3 Å². The normalized spacial score (nSPS) is 14.1. The number of amides is 1. The van der Waals surface area contributed by atoms with E-state index in [2.05, 4.69) is 15.3 Å². The zero-order chi connectivity index (χ0) is 15.1. The van der Waals surface area contributed by atoms with Crippen molar-refractivity contribution in [3.63, 3.8) is 0 Å². The average molecular weight is 294 g/mol. The molecule has 0 spiro atoms. The lowest BCUT2D eigenvalue weighted by Crippen LogP contribution is -2.18. The van der Waals surface area contributed by atoms with E-state index in [0.29, 0.717) is 23.2 Å². The van der Waals surface area contributed by atoms with Crippen LogP contribution in [0.3, 0.4) is 0 Å². The summed E-state index contributed by atoms with van der Waals surface area (Å²) in [6.45, 7) is 0. The van der Waals surface area contributed by atoms with E-state index >= 15 is 0 Å². The van der Waals surface area contributed by atoms with Gasteiger partial charge in [0.15, 0.2) is 5.78 Å². The molecule has 3 aromatic heterocycles. The molecule has 0 bridgehead atoms. The minimum atomic E-state index is -0.271. The first-order chi connectivity index (χ1) is 10.7. The summed E-state index contributed by atoms with van der Waals surface area (Å²) in [5.74, 6) is -0.232. The first-order valence-electron chi connectivity index (χ1n) is 7.20. The van der Waals surface area contributed by atoms with Gasteiger partial charge in [0.1, 0.15) is 5.65 Å². The zero-order valence-corrected chi connectivity index (χ0v) is 11.8. The number of fused-ring (bicyclic) bond motifs is 2. The maximum absolute atomic E-state index is 12.5. The quantitative estimate of drug-likeness (QED) is 0.762. The molecule has 0 saturated carbocycles. The molecule has 1 amide bonds. The van der Waals surface area contributed by atoms with E-state index in [1.165, 1.54) is 0 Å². The Hall–Kier alpha value is -2.89. The summed E-state index contributed by atoms with van der Waals surface area (Å²) in [5, 5.41) is 2.84. The lowest BCUT2D eigenvalue weighted by atomic mass is 9.93. The van der Waals surface area contributed by atoms with Gasteiger partial charge in [0.05, 0.1) is 16.8 Å². The second kappa shape index (κ2) is 4.84. The lowest BCUT2D eigenvalue weighted by molar-refractivity contribution is 0.0956. The Balaban J connectivity index is 1.65. The molecule has 6 heteroatoms. The van der Waals surface area contributed by atoms with Crippen molar-refractivity contribution in [1.82, 2.24) is 14.4 Å². The summed E-state index contributed by atoms with van der Waals surface area (Å²) < 4.78 is 1.83. The molecular weight excluding hydrogens is 280 g/mol. The van der Waals surface area contributed by atoms with Crippen LogP contribution in [0.2, 0.25) is 0 Å². The van der Waals surface area contributed by atoms with Crippen LogP contribution >= 0.6 is 0 Å². The largest absolute Gasteiger partial charge is 0.364 e. The monoisotopic (exact) mass is 294 g/mol. The van der Waals surface area contributed by atoms with Crippen molar-refractivity contribution >= 4 is 23.0 Å². The molecule has 1 aliphatic carbocycles. The third-order valence-corrected chi connectivity index (χ3v) is 3.96. The Morgan fingerprint density at radius 3 is 3.14 bits per heavy atom. The van der Waals surface area contributed by atoms with Crippen molar-refractivity contribution in [2.24, 2.45) is 0 Å². The number of pyridine rings is 1. The summed E-state index contributed by atoms with van der Waals surface area (Å²) in [6.07, 6.45) is 9.08. The van der Waals surface area contributed by atoms with Gasteiger partial charge in [0.2, 0.25) is 0 Å². The highest BCUT2D eigenvalue weighted by Crippen LogP contribution is 2.24. The van der Waals surface area contributed by atoms with Gasteiger partial charge in [-0.1, -0.05) is 0 Å². The molecule has 3 heterocycles. The summed E-state index contributed by atoms with van der Waals surface area (Å²) in [6, 6.07) is 3.62. The van der Waals surface area contributed by atoms with E-state index in [-0.39, 0.29) is 11.7 Å². The number of hydrogen-bond acceptors (Lipinski definition) is 3. The molecule has 4 rings (SSSR count). The second-order valence-corrected chi connectivity index (χ2v) is 5.40. The van der Waals surface area contributed by atoms with Crippen molar-refractivity contribution in [3.8, 4) is 0 Å². The molecule has 0 saturated heterocycles. The van der Waals surface area contributed by atoms with E-state index in [1.807, 2.05) is 16.7 Å². The van der Waals surface area contributed by atoms with Crippen LogP contribution in [0.25, 0.3) is 5.65 Å². The number of imidazole rings is 1. The molecule has 0 radical (unpaired) electrons. The first-order valence-corrected chi connectivity index (χ1v) is 7.20. The molecule has 6 nitrogen and oxygen atoms in total. The van der Waals surface area contributed by atoms with E-state index < -0.39 is 0 Å². The SMILES string of the molecule is O=C(Nc1ccc2nccn2c1)c1c[nH]c2c1C(=O)CCC2. The van der Waals surface area contributed by atoms with Crippen LogP contribution in [-0.4, -0.2) is 26.1 Å². The molecule has 0 fully saturated rings. The van der Waals surface area contributed by atoms with Gasteiger partial charge < -0.3 is 14.7 Å². The Kier molecular flexibility index (Phi) is 2.82. The van der Waals surface area contributed by atoms with E-state index in [0.717, 1.165) is 24.2 Å². The summed E-state index contributed by atoms with van der Waals surface area (Å²) >= 11 is 0. The number of hydrogen-bond donors (Lipinski definition) is 2. The Bertz CT molecular complexity index is 891. The van der Waals surface area contributed by atoms with Crippen LogP contribution in [-0.2, 0) is 6.42 Å². The number of nitrogens with zero attached hydrogens (tertiary/aromatic N) is 2. The van der Waals surface area contributed by atoms with Crippen LogP contribution in [0, 0.1) is 0 Å². The third kappa shape index (κ3) is 2.00. The van der Waals surface area contributed by atoms with E-state index in [1.54, 1.807) is 24.7 Å². The molecule has 0 aliphatic heterocycles. The fourth-order valence-electron chi connectivity index (χ4n) is 2.90. The van der Waals surface area contributed by atoms with Crippen molar-refractivity contribution in [2.45, 2.75) is 19.3 Å². The second-order valence-electron chi connectivity index (χ2n) is 5.40. The van der Waals surface area contributed by atoms with Gasteiger partial charge in [0.25, 0.3) is 5.91 Å². The molecule has 3 aromatic rings. The van der Waals surface area contributed by atoms with Gasteiger partial charge >= 0.3 is 0 Å². The number of carbonyl (C=O) groups is 2. The fourth-order valence-corrected chi connectivity index (χ4v) is 2.90. The lowest BCUT2D eigenvalue weighted by Gasteiger charge is -2.12. The number of rotatable bonds is 2. The van der Waals surface area contributed by atoms with Gasteiger partial charge in [-0.25, -0.2) is 4.98 Å². The molecule has 110 valence electrons. The number of ketones is 1. The average Bonchev–Trinajstić information content (AvgIpc) is 3.13. The third-order valence-electron chi connectivity index (χ3n) is 3.96. The smallest absolute Gasteiger partial charge is 0.257 e. The first kappa shape index (κ1) is 12.8. The van der Waals surface area contributed by atoms with E-state index in [9.17, 15) is 9.59 Å². The summed E-state index contributed by atoms with van der Waals surface area (Å²) in [5.41, 5.74) is 3.31. The van der Waals surface area contributed by atoms with Crippen molar-refractivity contribution < 1.29 is 9.59 Å². The number of aromatic nitrogens is 3. The van der Waals surface area contributed by atoms with Crippen LogP contribution < -0.4 is 5.32 Å². The Labute approximate surface area is 126 Å². The van der Waals surface area contributed by atoms with Crippen LogP contribution in [0.15, 0.2) is 36.9 Å². The molecule has 0 unspecified atom stereocenters. The molecule has 2 N–H and O–H groups in total. The highest BCUT2D eigenvalue weighted by Gasteiger charge is 2.25. The van der Waals surface area contributed by atoms with Gasteiger partial charge in [-0.3, -0.25) is 9.59 Å². The maximum atomic E-state index is 12.5. The zero-order valence-electron chi connectivity index (χ0n) is 11.8. The predicted octanol–water partition coefficient (Wildman–Crippen LogP) is 2.43. The molecule has 22 heavy (non-hydrogen) atoms. The molecule has 0 aromatic carbocycles. The molecular formula is C16H14N4O2. The minimum Gasteiger partial charge on any atom is -0.364 e. The topological polar surface area (TPSA) is 79.3 Å². The standard InChI is InChI=1S/C16H14N4O2/c21-13-3-1-2-12-15(13)11(8-18-12)16(22)19-10-4-5-14-17-6-7-20(14)9-10/h4-9,18H,1-3H2,(H,19,22). The van der Waals surface area contributed by atoms with Gasteiger partial charge in [-0.05, 0) is 25.0 Å². The number of anilines is 1. The summed E-state index contributed by atoms with van der Waals surface area (Å²) in [4.78, 5) is 31.7. The Morgan fingerprint density at radius 1 is 1.32 bits per heavy atom. The highest BCUT2D eigenvalue weighted by atomic mass is 16.2. The molecule has 0 atom stereocenters. The number of aromatic amines is 1. The van der Waals surface area contributed by atoms with Crippen molar-refractivity contribution in [3.05, 3.63) is 53.7 Å².